The normalized spacial score (nSPS) is 14.5. The van der Waals surface area contributed by atoms with Crippen LogP contribution in [0.15, 0.2) is 4.91 Å². The number of nitrogens with zero attached hydrogens (tertiary/aromatic N) is 1. The van der Waals surface area contributed by atoms with Gasteiger partial charge in [-0.2, -0.15) is 0 Å². The molecule has 5 nitrogen and oxygen atoms in total. The van der Waals surface area contributed by atoms with E-state index in [9.17, 15) is 9.69 Å². The first kappa shape index (κ1) is 12.8. The standard InChI is InChI=1S/C6H12ClN2O3P/c1-4(2)8-5(3)6(10)12-9-13(7)11/h4-5,8H,1-3H3. The Hall–Kier alpha value is -0.220. The molecule has 0 spiro atoms. The maximum absolute atomic E-state index is 11.0. The van der Waals surface area contributed by atoms with Gasteiger partial charge < -0.3 is 10.2 Å². The lowest BCUT2D eigenvalue weighted by Crippen LogP contribution is -2.38. The minimum Gasteiger partial charge on any atom is -0.593 e. The summed E-state index contributed by atoms with van der Waals surface area (Å²) in [5.41, 5.74) is 0. The van der Waals surface area contributed by atoms with E-state index in [1.54, 1.807) is 6.92 Å². The van der Waals surface area contributed by atoms with E-state index in [0.717, 1.165) is 0 Å². The molecule has 2 unspecified atom stereocenters. The highest BCUT2D eigenvalue weighted by atomic mass is 35.7. The van der Waals surface area contributed by atoms with E-state index in [1.807, 2.05) is 13.8 Å². The molecule has 0 bridgehead atoms. The summed E-state index contributed by atoms with van der Waals surface area (Å²) >= 11 is 4.98. The summed E-state index contributed by atoms with van der Waals surface area (Å²) in [5, 5.41) is 2.89. The van der Waals surface area contributed by atoms with Crippen molar-refractivity contribution in [2.75, 3.05) is 0 Å². The summed E-state index contributed by atoms with van der Waals surface area (Å²) in [7, 11) is -2.30. The van der Waals surface area contributed by atoms with Crippen LogP contribution in [-0.2, 0) is 9.63 Å². The van der Waals surface area contributed by atoms with E-state index in [1.165, 1.54) is 0 Å². The fraction of sp³-hybridized carbons (Fsp3) is 0.833. The van der Waals surface area contributed by atoms with Crippen molar-refractivity contribution in [3.63, 3.8) is 0 Å². The van der Waals surface area contributed by atoms with Gasteiger partial charge in [-0.1, -0.05) is 13.8 Å². The minimum atomic E-state index is -2.30. The van der Waals surface area contributed by atoms with Gasteiger partial charge in [-0.3, -0.25) is 4.84 Å². The van der Waals surface area contributed by atoms with Crippen LogP contribution in [0.25, 0.3) is 0 Å². The Bertz CT molecular complexity index is 206. The zero-order valence-corrected chi connectivity index (χ0v) is 9.30. The van der Waals surface area contributed by atoms with Crippen molar-refractivity contribution in [1.29, 1.82) is 0 Å². The van der Waals surface area contributed by atoms with E-state index in [4.69, 9.17) is 11.2 Å². The van der Waals surface area contributed by atoms with Gasteiger partial charge >= 0.3 is 13.3 Å². The molecule has 0 heterocycles. The van der Waals surface area contributed by atoms with Gasteiger partial charge in [0.2, 0.25) is 0 Å². The van der Waals surface area contributed by atoms with Crippen molar-refractivity contribution in [1.82, 2.24) is 5.32 Å². The number of rotatable bonds is 4. The van der Waals surface area contributed by atoms with Gasteiger partial charge in [0.25, 0.3) is 0 Å². The van der Waals surface area contributed by atoms with Crippen LogP contribution >= 0.6 is 18.5 Å². The molecule has 0 fully saturated rings. The smallest absolute Gasteiger partial charge is 0.355 e. The molecule has 0 radical (unpaired) electrons. The lowest BCUT2D eigenvalue weighted by Gasteiger charge is -2.12. The van der Waals surface area contributed by atoms with Crippen molar-refractivity contribution in [3.8, 4) is 0 Å². The zero-order valence-electron chi connectivity index (χ0n) is 7.65. The zero-order chi connectivity index (χ0) is 10.4. The molecule has 13 heavy (non-hydrogen) atoms. The first-order chi connectivity index (χ1) is 5.93. The van der Waals surface area contributed by atoms with Gasteiger partial charge in [0.15, 0.2) is 11.2 Å². The minimum absolute atomic E-state index is 0.160. The first-order valence-electron chi connectivity index (χ1n) is 3.74. The Morgan fingerprint density at radius 2 is 2.15 bits per heavy atom. The third kappa shape index (κ3) is 6.90. The third-order valence-corrected chi connectivity index (χ3v) is 1.53. The van der Waals surface area contributed by atoms with Crippen LogP contribution in [-0.4, -0.2) is 18.1 Å². The van der Waals surface area contributed by atoms with Crippen molar-refractivity contribution in [3.05, 3.63) is 0 Å². The number of carbonyl (C=O) groups is 1. The highest BCUT2D eigenvalue weighted by Gasteiger charge is 2.16. The quantitative estimate of drug-likeness (QED) is 0.572. The van der Waals surface area contributed by atoms with Crippen LogP contribution in [0.5, 0.6) is 0 Å². The first-order valence-corrected chi connectivity index (χ1v) is 5.86. The number of halogens is 1. The molecule has 2 atom stereocenters. The van der Waals surface area contributed by atoms with Crippen molar-refractivity contribution >= 4 is 24.5 Å². The van der Waals surface area contributed by atoms with Gasteiger partial charge in [0.1, 0.15) is 11.0 Å². The highest BCUT2D eigenvalue weighted by molar-refractivity contribution is 7.69. The summed E-state index contributed by atoms with van der Waals surface area (Å²) in [6, 6.07) is -0.331. The van der Waals surface area contributed by atoms with Crippen LogP contribution in [0, 0.1) is 0 Å². The van der Waals surface area contributed by atoms with E-state index >= 15 is 0 Å². The fourth-order valence-electron chi connectivity index (χ4n) is 0.719. The second-order valence-electron chi connectivity index (χ2n) is 2.76. The average molecular weight is 227 g/mol. The number of hydrogen-bond acceptors (Lipinski definition) is 5. The fourth-order valence-corrected chi connectivity index (χ4v) is 0.957. The van der Waals surface area contributed by atoms with Crippen LogP contribution in [0.4, 0.5) is 0 Å². The summed E-state index contributed by atoms with van der Waals surface area (Å²) in [6.45, 7) is 5.41. The molecule has 76 valence electrons. The molecule has 0 rings (SSSR count). The molecule has 0 aromatic carbocycles. The molecule has 0 aromatic rings. The average Bonchev–Trinajstić information content (AvgIpc) is 1.98. The Balaban J connectivity index is 3.90. The van der Waals surface area contributed by atoms with E-state index in [0.29, 0.717) is 0 Å². The predicted molar refractivity (Wildman–Crippen MR) is 49.0 cm³/mol. The topological polar surface area (TPSA) is 73.8 Å². The van der Waals surface area contributed by atoms with Crippen LogP contribution in [0.1, 0.15) is 20.8 Å². The molecule has 0 saturated heterocycles. The van der Waals surface area contributed by atoms with Crippen LogP contribution in [0.2, 0.25) is 0 Å². The monoisotopic (exact) mass is 226 g/mol. The van der Waals surface area contributed by atoms with Crippen molar-refractivity contribution in [2.24, 2.45) is 4.91 Å². The summed E-state index contributed by atoms with van der Waals surface area (Å²) < 4.78 is 0. The number of hydrogen-bond donors (Lipinski definition) is 1. The summed E-state index contributed by atoms with van der Waals surface area (Å²) in [4.78, 5) is 28.5. The van der Waals surface area contributed by atoms with E-state index in [2.05, 4.69) is 15.1 Å². The molecule has 0 aromatic heterocycles. The van der Waals surface area contributed by atoms with Crippen LogP contribution in [0.3, 0.4) is 0 Å². The molecule has 0 saturated carbocycles. The molecular weight excluding hydrogens is 215 g/mol. The van der Waals surface area contributed by atoms with E-state index < -0.39 is 19.3 Å². The molecule has 1 N–H and O–H groups in total. The second kappa shape index (κ2) is 6.27. The Kier molecular flexibility index (Phi) is 6.16. The molecular formula is C6H12ClN2O3P. The Labute approximate surface area is 82.7 Å². The lowest BCUT2D eigenvalue weighted by molar-refractivity contribution is -0.159. The highest BCUT2D eigenvalue weighted by Crippen LogP contribution is 2.19. The Morgan fingerprint density at radius 1 is 1.62 bits per heavy atom. The largest absolute Gasteiger partial charge is 0.593 e. The van der Waals surface area contributed by atoms with Gasteiger partial charge in [0, 0.05) is 6.04 Å². The van der Waals surface area contributed by atoms with Crippen molar-refractivity contribution < 1.29 is 14.5 Å². The van der Waals surface area contributed by atoms with Gasteiger partial charge in [-0.25, -0.2) is 4.79 Å². The lowest BCUT2D eigenvalue weighted by atomic mass is 10.3. The molecule has 0 aliphatic carbocycles. The third-order valence-electron chi connectivity index (χ3n) is 1.13. The summed E-state index contributed by atoms with van der Waals surface area (Å²) in [5.74, 6) is -0.599. The summed E-state index contributed by atoms with van der Waals surface area (Å²) in [6.07, 6.45) is 0. The van der Waals surface area contributed by atoms with Gasteiger partial charge in [-0.15, -0.1) is 0 Å². The number of nitrogens with one attached hydrogen (secondary N) is 1. The van der Waals surface area contributed by atoms with Gasteiger partial charge in [-0.05, 0) is 6.92 Å². The van der Waals surface area contributed by atoms with Crippen molar-refractivity contribution in [2.45, 2.75) is 32.9 Å². The molecule has 0 aliphatic heterocycles. The predicted octanol–water partition coefficient (Wildman–Crippen LogP) is 0.926. The maximum Gasteiger partial charge on any atom is 0.355 e. The Morgan fingerprint density at radius 3 is 2.54 bits per heavy atom. The SMILES string of the molecule is CC(C)NC(C)C(=O)O/N=[P+](\[O-])Cl. The van der Waals surface area contributed by atoms with Gasteiger partial charge in [0.05, 0.1) is 0 Å². The van der Waals surface area contributed by atoms with E-state index in [-0.39, 0.29) is 6.04 Å². The second-order valence-corrected chi connectivity index (χ2v) is 4.24. The maximum atomic E-state index is 11.0. The molecule has 0 aliphatic rings. The molecule has 0 amide bonds. The number of carbonyl (C=O) groups excluding carboxylic acids is 1. The van der Waals surface area contributed by atoms with Crippen LogP contribution < -0.4 is 10.2 Å². The molecule has 7 heteroatoms.